The summed E-state index contributed by atoms with van der Waals surface area (Å²) in [4.78, 5) is 12.5. The van der Waals surface area contributed by atoms with Crippen LogP contribution in [0.5, 0.6) is 0 Å². The molecule has 0 saturated heterocycles. The summed E-state index contributed by atoms with van der Waals surface area (Å²) in [7, 11) is 0. The van der Waals surface area contributed by atoms with Gasteiger partial charge < -0.3 is 5.32 Å². The van der Waals surface area contributed by atoms with Gasteiger partial charge >= 0.3 is 0 Å². The molecule has 0 fully saturated rings. The normalized spacial score (nSPS) is 12.0. The number of carbonyl (C=O) groups excluding carboxylic acids is 1. The van der Waals surface area contributed by atoms with Crippen molar-refractivity contribution in [3.63, 3.8) is 0 Å². The largest absolute Gasteiger partial charge is 0.310 e. The molecule has 1 unspecified atom stereocenters. The third-order valence-corrected chi connectivity index (χ3v) is 5.08. The molecule has 3 rings (SSSR count). The summed E-state index contributed by atoms with van der Waals surface area (Å²) in [5, 5.41) is 7.10. The quantitative estimate of drug-likeness (QED) is 0.692. The molecule has 0 spiro atoms. The van der Waals surface area contributed by atoms with Gasteiger partial charge in [0.25, 0.3) is 0 Å². The number of benzene rings is 2. The Labute approximate surface area is 156 Å². The molecule has 1 amide bonds. The molecule has 4 nitrogen and oxygen atoms in total. The van der Waals surface area contributed by atoms with Gasteiger partial charge in [0.1, 0.15) is 11.6 Å². The highest BCUT2D eigenvalue weighted by Gasteiger charge is 2.17. The Kier molecular flexibility index (Phi) is 5.73. The van der Waals surface area contributed by atoms with E-state index < -0.39 is 0 Å². The summed E-state index contributed by atoms with van der Waals surface area (Å²) < 4.78 is 14.8. The lowest BCUT2D eigenvalue weighted by molar-refractivity contribution is -0.115. The van der Waals surface area contributed by atoms with Gasteiger partial charge in [0.15, 0.2) is 0 Å². The number of hydrogen-bond donors (Lipinski definition) is 1. The molecule has 1 aromatic heterocycles. The zero-order valence-electron chi connectivity index (χ0n) is 14.6. The lowest BCUT2D eigenvalue weighted by Gasteiger charge is -2.13. The minimum absolute atomic E-state index is 0.0887. The van der Waals surface area contributed by atoms with E-state index in [1.54, 1.807) is 34.6 Å². The number of nitrogens with zero attached hydrogens (tertiary/aromatic N) is 2. The van der Waals surface area contributed by atoms with Crippen molar-refractivity contribution in [2.24, 2.45) is 0 Å². The van der Waals surface area contributed by atoms with Crippen LogP contribution in [-0.4, -0.2) is 20.9 Å². The van der Waals surface area contributed by atoms with Crippen LogP contribution in [0.15, 0.2) is 60.7 Å². The average molecular weight is 369 g/mol. The van der Waals surface area contributed by atoms with Crippen molar-refractivity contribution < 1.29 is 9.18 Å². The van der Waals surface area contributed by atoms with Crippen molar-refractivity contribution in [1.82, 2.24) is 9.78 Å². The standard InChI is InChI=1S/C20H20FN3OS/c1-14-12-19(24(23-14)18-10-8-17(21)9-11-18)22-20(25)15(2)26-13-16-6-4-3-5-7-16/h3-12,15H,13H2,1-2H3,(H,22,25). The fourth-order valence-corrected chi connectivity index (χ4v) is 3.31. The number of thioether (sulfide) groups is 1. The highest BCUT2D eigenvalue weighted by Crippen LogP contribution is 2.21. The molecule has 6 heteroatoms. The topological polar surface area (TPSA) is 46.9 Å². The summed E-state index contributed by atoms with van der Waals surface area (Å²) in [6, 6.07) is 17.9. The van der Waals surface area contributed by atoms with Gasteiger partial charge in [0, 0.05) is 11.8 Å². The molecular formula is C20H20FN3OS. The van der Waals surface area contributed by atoms with Crippen molar-refractivity contribution in [2.75, 3.05) is 5.32 Å². The number of aromatic nitrogens is 2. The second-order valence-corrected chi connectivity index (χ2v) is 7.32. The first-order valence-electron chi connectivity index (χ1n) is 8.32. The predicted molar refractivity (Wildman–Crippen MR) is 104 cm³/mol. The van der Waals surface area contributed by atoms with Gasteiger partial charge in [-0.1, -0.05) is 30.3 Å². The first-order chi connectivity index (χ1) is 12.5. The Morgan fingerprint density at radius 1 is 1.19 bits per heavy atom. The maximum atomic E-state index is 13.1. The average Bonchev–Trinajstić information content (AvgIpc) is 3.01. The molecule has 0 radical (unpaired) electrons. The SMILES string of the molecule is Cc1cc(NC(=O)C(C)SCc2ccccc2)n(-c2ccc(F)cc2)n1. The Balaban J connectivity index is 1.68. The number of aryl methyl sites for hydroxylation is 1. The highest BCUT2D eigenvalue weighted by atomic mass is 32.2. The molecule has 1 N–H and O–H groups in total. The molecule has 1 atom stereocenters. The smallest absolute Gasteiger partial charge is 0.238 e. The number of carbonyl (C=O) groups is 1. The van der Waals surface area contributed by atoms with Crippen LogP contribution >= 0.6 is 11.8 Å². The Morgan fingerprint density at radius 2 is 1.88 bits per heavy atom. The maximum absolute atomic E-state index is 13.1. The van der Waals surface area contributed by atoms with Gasteiger partial charge in [-0.05, 0) is 43.7 Å². The van der Waals surface area contributed by atoms with E-state index in [0.717, 1.165) is 11.4 Å². The fourth-order valence-electron chi connectivity index (χ4n) is 2.47. The summed E-state index contributed by atoms with van der Waals surface area (Å²) in [5.41, 5.74) is 2.65. The molecule has 3 aromatic rings. The number of hydrogen-bond acceptors (Lipinski definition) is 3. The summed E-state index contributed by atoms with van der Waals surface area (Å²) in [6.45, 7) is 3.73. The fraction of sp³-hybridized carbons (Fsp3) is 0.200. The first kappa shape index (κ1) is 18.2. The number of rotatable bonds is 6. The monoisotopic (exact) mass is 369 g/mol. The van der Waals surface area contributed by atoms with Gasteiger partial charge in [0.05, 0.1) is 16.6 Å². The van der Waals surface area contributed by atoms with Crippen LogP contribution in [0, 0.1) is 12.7 Å². The van der Waals surface area contributed by atoms with E-state index in [4.69, 9.17) is 0 Å². The molecule has 1 heterocycles. The molecule has 0 saturated carbocycles. The van der Waals surface area contributed by atoms with Crippen LogP contribution in [-0.2, 0) is 10.5 Å². The summed E-state index contributed by atoms with van der Waals surface area (Å²) >= 11 is 1.58. The molecule has 0 aliphatic heterocycles. The Hall–Kier alpha value is -2.60. The van der Waals surface area contributed by atoms with E-state index in [1.807, 2.05) is 44.2 Å². The maximum Gasteiger partial charge on any atom is 0.238 e. The van der Waals surface area contributed by atoms with Crippen LogP contribution in [0.25, 0.3) is 5.69 Å². The van der Waals surface area contributed by atoms with Gasteiger partial charge in [0.2, 0.25) is 5.91 Å². The number of nitrogens with one attached hydrogen (secondary N) is 1. The van der Waals surface area contributed by atoms with E-state index in [2.05, 4.69) is 10.4 Å². The summed E-state index contributed by atoms with van der Waals surface area (Å²) in [5.74, 6) is 0.945. The van der Waals surface area contributed by atoms with Crippen LogP contribution in [0.1, 0.15) is 18.2 Å². The van der Waals surface area contributed by atoms with Gasteiger partial charge in [-0.3, -0.25) is 4.79 Å². The Morgan fingerprint density at radius 3 is 2.58 bits per heavy atom. The third kappa shape index (κ3) is 4.52. The molecule has 2 aromatic carbocycles. The molecule has 0 bridgehead atoms. The van der Waals surface area contributed by atoms with Crippen LogP contribution < -0.4 is 5.32 Å². The van der Waals surface area contributed by atoms with Crippen LogP contribution in [0.3, 0.4) is 0 Å². The molecular weight excluding hydrogens is 349 g/mol. The number of amides is 1. The van der Waals surface area contributed by atoms with Crippen molar-refractivity contribution in [1.29, 1.82) is 0 Å². The molecule has 0 aliphatic carbocycles. The Bertz CT molecular complexity index is 878. The molecule has 134 valence electrons. The molecule has 26 heavy (non-hydrogen) atoms. The van der Waals surface area contributed by atoms with E-state index >= 15 is 0 Å². The second-order valence-electron chi connectivity index (χ2n) is 5.99. The predicted octanol–water partition coefficient (Wildman–Crippen LogP) is 4.58. The summed E-state index contributed by atoms with van der Waals surface area (Å²) in [6.07, 6.45) is 0. The lowest BCUT2D eigenvalue weighted by atomic mass is 10.2. The minimum atomic E-state index is -0.311. The number of halogens is 1. The highest BCUT2D eigenvalue weighted by molar-refractivity contribution is 7.99. The zero-order valence-corrected chi connectivity index (χ0v) is 15.5. The third-order valence-electron chi connectivity index (χ3n) is 3.87. The van der Waals surface area contributed by atoms with Crippen molar-refractivity contribution in [3.05, 3.63) is 77.7 Å². The van der Waals surface area contributed by atoms with Gasteiger partial charge in [-0.2, -0.15) is 5.10 Å². The van der Waals surface area contributed by atoms with Crippen LogP contribution in [0.4, 0.5) is 10.2 Å². The zero-order chi connectivity index (χ0) is 18.5. The number of anilines is 1. The minimum Gasteiger partial charge on any atom is -0.310 e. The van der Waals surface area contributed by atoms with Crippen LogP contribution in [0.2, 0.25) is 0 Å². The first-order valence-corrected chi connectivity index (χ1v) is 9.37. The van der Waals surface area contributed by atoms with Crippen molar-refractivity contribution in [2.45, 2.75) is 24.9 Å². The lowest BCUT2D eigenvalue weighted by Crippen LogP contribution is -2.24. The van der Waals surface area contributed by atoms with E-state index in [-0.39, 0.29) is 17.0 Å². The second kappa shape index (κ2) is 8.19. The molecule has 0 aliphatic rings. The van der Waals surface area contributed by atoms with Gasteiger partial charge in [-0.25, -0.2) is 9.07 Å². The van der Waals surface area contributed by atoms with Crippen molar-refractivity contribution in [3.8, 4) is 5.69 Å². The van der Waals surface area contributed by atoms with E-state index in [1.165, 1.54) is 17.7 Å². The van der Waals surface area contributed by atoms with E-state index in [9.17, 15) is 9.18 Å². The van der Waals surface area contributed by atoms with Crippen molar-refractivity contribution >= 4 is 23.5 Å². The van der Waals surface area contributed by atoms with Gasteiger partial charge in [-0.15, -0.1) is 11.8 Å². The van der Waals surface area contributed by atoms with E-state index in [0.29, 0.717) is 11.5 Å².